The van der Waals surface area contributed by atoms with Gasteiger partial charge in [-0.2, -0.15) is 4.98 Å². The van der Waals surface area contributed by atoms with Crippen molar-refractivity contribution in [3.05, 3.63) is 64.0 Å². The van der Waals surface area contributed by atoms with Gasteiger partial charge in [-0.25, -0.2) is 0 Å². The predicted octanol–water partition coefficient (Wildman–Crippen LogP) is 5.25. The zero-order valence-corrected chi connectivity index (χ0v) is 16.3. The highest BCUT2D eigenvalue weighted by Crippen LogP contribution is 2.30. The van der Waals surface area contributed by atoms with Crippen LogP contribution in [0.15, 0.2) is 47.0 Å². The first-order valence-electron chi connectivity index (χ1n) is 8.10. The predicted molar refractivity (Wildman–Crippen MR) is 103 cm³/mol. The molecule has 0 bridgehead atoms. The second kappa shape index (κ2) is 8.08. The Kier molecular flexibility index (Phi) is 5.81. The lowest BCUT2D eigenvalue weighted by molar-refractivity contribution is 0.216. The molecule has 0 saturated carbocycles. The van der Waals surface area contributed by atoms with Crippen LogP contribution in [-0.4, -0.2) is 29.2 Å². The molecule has 0 aliphatic carbocycles. The van der Waals surface area contributed by atoms with Gasteiger partial charge in [-0.1, -0.05) is 34.4 Å². The van der Waals surface area contributed by atoms with Gasteiger partial charge in [-0.3, -0.25) is 4.90 Å². The zero-order chi connectivity index (χ0) is 18.7. The summed E-state index contributed by atoms with van der Waals surface area (Å²) in [5.74, 6) is 1.87. The molecule has 7 heteroatoms. The largest absolute Gasteiger partial charge is 0.497 e. The van der Waals surface area contributed by atoms with Gasteiger partial charge in [-0.05, 0) is 55.9 Å². The molecule has 0 saturated heterocycles. The van der Waals surface area contributed by atoms with Gasteiger partial charge in [0.2, 0.25) is 11.7 Å². The van der Waals surface area contributed by atoms with E-state index in [1.54, 1.807) is 13.2 Å². The fourth-order valence-electron chi connectivity index (χ4n) is 2.60. The number of aromatic nitrogens is 2. The number of methoxy groups -OCH3 is 1. The van der Waals surface area contributed by atoms with Gasteiger partial charge in [-0.15, -0.1) is 0 Å². The maximum atomic E-state index is 6.31. The Labute approximate surface area is 162 Å². The summed E-state index contributed by atoms with van der Waals surface area (Å²) < 4.78 is 10.6. The molecule has 5 nitrogen and oxygen atoms in total. The van der Waals surface area contributed by atoms with Crippen LogP contribution in [0.1, 0.15) is 24.4 Å². The molecule has 0 N–H and O–H groups in total. The average Bonchev–Trinajstić information content (AvgIpc) is 3.09. The minimum absolute atomic E-state index is 0.0658. The SMILES string of the molecule is COc1ccc(-c2noc(CN(C)[C@@H](C)c3ccc(Cl)cc3Cl)n2)cc1. The lowest BCUT2D eigenvalue weighted by Gasteiger charge is -2.24. The Morgan fingerprint density at radius 1 is 1.15 bits per heavy atom. The van der Waals surface area contributed by atoms with Gasteiger partial charge in [0.15, 0.2) is 0 Å². The minimum atomic E-state index is 0.0658. The van der Waals surface area contributed by atoms with Crippen LogP contribution in [0.2, 0.25) is 10.0 Å². The summed E-state index contributed by atoms with van der Waals surface area (Å²) in [6.45, 7) is 2.57. The first-order valence-corrected chi connectivity index (χ1v) is 8.85. The molecule has 0 aliphatic heterocycles. The monoisotopic (exact) mass is 391 g/mol. The second-order valence-electron chi connectivity index (χ2n) is 6.00. The molecule has 1 atom stereocenters. The third-order valence-electron chi connectivity index (χ3n) is 4.27. The Morgan fingerprint density at radius 3 is 2.54 bits per heavy atom. The van der Waals surface area contributed by atoms with Crippen LogP contribution >= 0.6 is 23.2 Å². The summed E-state index contributed by atoms with van der Waals surface area (Å²) in [5.41, 5.74) is 1.87. The van der Waals surface area contributed by atoms with Crippen LogP contribution in [0.5, 0.6) is 5.75 Å². The topological polar surface area (TPSA) is 51.4 Å². The smallest absolute Gasteiger partial charge is 0.241 e. The molecule has 3 aromatic rings. The van der Waals surface area contributed by atoms with E-state index in [1.807, 2.05) is 43.4 Å². The van der Waals surface area contributed by atoms with E-state index >= 15 is 0 Å². The van der Waals surface area contributed by atoms with E-state index in [2.05, 4.69) is 22.0 Å². The molecule has 2 aromatic carbocycles. The quantitative estimate of drug-likeness (QED) is 0.574. The zero-order valence-electron chi connectivity index (χ0n) is 14.7. The molecule has 26 heavy (non-hydrogen) atoms. The molecule has 0 fully saturated rings. The van der Waals surface area contributed by atoms with E-state index in [9.17, 15) is 0 Å². The van der Waals surface area contributed by atoms with Crippen molar-refractivity contribution in [3.8, 4) is 17.1 Å². The standard InChI is InChI=1S/C19H19Cl2N3O2/c1-12(16-9-6-14(20)10-17(16)21)24(2)11-18-22-19(23-26-18)13-4-7-15(25-3)8-5-13/h4-10,12H,11H2,1-3H3/t12-/m0/s1. The molecule has 136 valence electrons. The molecule has 0 radical (unpaired) electrons. The highest BCUT2D eigenvalue weighted by Gasteiger charge is 2.18. The highest BCUT2D eigenvalue weighted by molar-refractivity contribution is 6.35. The van der Waals surface area contributed by atoms with Gasteiger partial charge in [0, 0.05) is 21.7 Å². The Morgan fingerprint density at radius 2 is 1.88 bits per heavy atom. The van der Waals surface area contributed by atoms with Crippen LogP contribution in [0, 0.1) is 0 Å². The molecule has 0 unspecified atom stereocenters. The van der Waals surface area contributed by atoms with Crippen molar-refractivity contribution in [1.82, 2.24) is 15.0 Å². The van der Waals surface area contributed by atoms with Gasteiger partial charge < -0.3 is 9.26 Å². The summed E-state index contributed by atoms with van der Waals surface area (Å²) >= 11 is 12.3. The number of hydrogen-bond donors (Lipinski definition) is 0. The number of halogens is 2. The van der Waals surface area contributed by atoms with E-state index in [0.717, 1.165) is 16.9 Å². The Hall–Kier alpha value is -2.08. The molecule has 0 amide bonds. The van der Waals surface area contributed by atoms with Crippen molar-refractivity contribution >= 4 is 23.2 Å². The number of ether oxygens (including phenoxy) is 1. The second-order valence-corrected chi connectivity index (χ2v) is 6.84. The number of benzene rings is 2. The molecule has 0 aliphatic rings. The van der Waals surface area contributed by atoms with E-state index < -0.39 is 0 Å². The van der Waals surface area contributed by atoms with Crippen molar-refractivity contribution in [1.29, 1.82) is 0 Å². The van der Waals surface area contributed by atoms with Crippen LogP contribution in [0.3, 0.4) is 0 Å². The van der Waals surface area contributed by atoms with E-state index in [1.165, 1.54) is 0 Å². The highest BCUT2D eigenvalue weighted by atomic mass is 35.5. The van der Waals surface area contributed by atoms with Gasteiger partial charge in [0.25, 0.3) is 0 Å². The first-order chi connectivity index (χ1) is 12.5. The number of hydrogen-bond acceptors (Lipinski definition) is 5. The fourth-order valence-corrected chi connectivity index (χ4v) is 3.17. The number of nitrogens with zero attached hydrogens (tertiary/aromatic N) is 3. The van der Waals surface area contributed by atoms with Gasteiger partial charge in [0.1, 0.15) is 5.75 Å². The lowest BCUT2D eigenvalue weighted by atomic mass is 10.1. The fraction of sp³-hybridized carbons (Fsp3) is 0.263. The normalized spacial score (nSPS) is 12.4. The van der Waals surface area contributed by atoms with Crippen molar-refractivity contribution in [3.63, 3.8) is 0 Å². The van der Waals surface area contributed by atoms with E-state index in [4.69, 9.17) is 32.5 Å². The average molecular weight is 392 g/mol. The third-order valence-corrected chi connectivity index (χ3v) is 4.84. The summed E-state index contributed by atoms with van der Waals surface area (Å²) in [6.07, 6.45) is 0. The Bertz CT molecular complexity index is 881. The minimum Gasteiger partial charge on any atom is -0.497 e. The molecule has 0 spiro atoms. The van der Waals surface area contributed by atoms with Crippen molar-refractivity contribution in [2.75, 3.05) is 14.2 Å². The van der Waals surface area contributed by atoms with Crippen molar-refractivity contribution < 1.29 is 9.26 Å². The summed E-state index contributed by atoms with van der Waals surface area (Å²) in [7, 11) is 3.61. The van der Waals surface area contributed by atoms with Crippen molar-refractivity contribution in [2.24, 2.45) is 0 Å². The summed E-state index contributed by atoms with van der Waals surface area (Å²) in [5, 5.41) is 5.32. The van der Waals surface area contributed by atoms with Crippen molar-refractivity contribution in [2.45, 2.75) is 19.5 Å². The maximum absolute atomic E-state index is 6.31. The molecule has 1 heterocycles. The molecule has 3 rings (SSSR count). The summed E-state index contributed by atoms with van der Waals surface area (Å²) in [4.78, 5) is 6.56. The van der Waals surface area contributed by atoms with Crippen LogP contribution in [-0.2, 0) is 6.54 Å². The van der Waals surface area contributed by atoms with E-state index in [0.29, 0.717) is 28.3 Å². The number of rotatable bonds is 6. The van der Waals surface area contributed by atoms with Crippen LogP contribution in [0.25, 0.3) is 11.4 Å². The summed E-state index contributed by atoms with van der Waals surface area (Å²) in [6, 6.07) is 13.1. The Balaban J connectivity index is 1.71. The molecule has 1 aromatic heterocycles. The van der Waals surface area contributed by atoms with Gasteiger partial charge >= 0.3 is 0 Å². The first kappa shape index (κ1) is 18.7. The van der Waals surface area contributed by atoms with Crippen LogP contribution in [0.4, 0.5) is 0 Å². The van der Waals surface area contributed by atoms with E-state index in [-0.39, 0.29) is 6.04 Å². The molecular formula is C19H19Cl2N3O2. The van der Waals surface area contributed by atoms with Crippen LogP contribution < -0.4 is 4.74 Å². The molecular weight excluding hydrogens is 373 g/mol. The van der Waals surface area contributed by atoms with Gasteiger partial charge in [0.05, 0.1) is 13.7 Å². The third kappa shape index (κ3) is 4.18. The maximum Gasteiger partial charge on any atom is 0.241 e. The lowest BCUT2D eigenvalue weighted by Crippen LogP contribution is -2.22.